The molecule has 0 bridgehead atoms. The van der Waals surface area contributed by atoms with E-state index in [1.165, 1.54) is 18.2 Å². The van der Waals surface area contributed by atoms with Crippen molar-refractivity contribution in [1.82, 2.24) is 0 Å². The first-order valence-electron chi connectivity index (χ1n) is 6.09. The van der Waals surface area contributed by atoms with E-state index in [2.05, 4.69) is 10.0 Å². The lowest BCUT2D eigenvalue weighted by Crippen LogP contribution is -2.16. The zero-order valence-electron chi connectivity index (χ0n) is 11.4. The second-order valence-electron chi connectivity index (χ2n) is 4.50. The Morgan fingerprint density at radius 1 is 1.14 bits per heavy atom. The van der Waals surface area contributed by atoms with Gasteiger partial charge in [-0.15, -0.1) is 0 Å². The number of nitrogens with one attached hydrogen (secondary N) is 2. The average molecular weight is 343 g/mol. The Balaban J connectivity index is 2.29. The van der Waals surface area contributed by atoms with Crippen LogP contribution in [0, 0.1) is 5.82 Å². The monoisotopic (exact) mass is 342 g/mol. The van der Waals surface area contributed by atoms with Crippen molar-refractivity contribution in [3.8, 4) is 0 Å². The number of benzene rings is 2. The van der Waals surface area contributed by atoms with Crippen LogP contribution in [0.1, 0.15) is 10.4 Å². The number of amides is 1. The van der Waals surface area contributed by atoms with E-state index < -0.39 is 21.7 Å². The van der Waals surface area contributed by atoms with Crippen molar-refractivity contribution in [2.75, 3.05) is 16.3 Å². The summed E-state index contributed by atoms with van der Waals surface area (Å²) in [6.45, 7) is 0. The Labute approximate surface area is 132 Å². The molecule has 0 spiro atoms. The zero-order valence-corrected chi connectivity index (χ0v) is 13.0. The maximum atomic E-state index is 13.0. The largest absolute Gasteiger partial charge is 0.320 e. The van der Waals surface area contributed by atoms with Crippen LogP contribution in [0.2, 0.25) is 5.02 Å². The molecule has 0 aliphatic rings. The molecule has 0 fully saturated rings. The fourth-order valence-corrected chi connectivity index (χ4v) is 2.57. The lowest BCUT2D eigenvalue weighted by Gasteiger charge is -2.12. The smallest absolute Gasteiger partial charge is 0.257 e. The van der Waals surface area contributed by atoms with Gasteiger partial charge in [-0.2, -0.15) is 0 Å². The molecular formula is C14H12ClFN2O3S. The van der Waals surface area contributed by atoms with Crippen LogP contribution in [0.4, 0.5) is 15.8 Å². The van der Waals surface area contributed by atoms with Crippen molar-refractivity contribution < 1.29 is 17.6 Å². The molecule has 1 amide bonds. The molecule has 8 heteroatoms. The van der Waals surface area contributed by atoms with Crippen LogP contribution in [-0.4, -0.2) is 20.6 Å². The van der Waals surface area contributed by atoms with Gasteiger partial charge in [0.15, 0.2) is 0 Å². The molecule has 0 aromatic heterocycles. The minimum atomic E-state index is -3.49. The minimum absolute atomic E-state index is 0.0361. The number of sulfonamides is 1. The van der Waals surface area contributed by atoms with Crippen molar-refractivity contribution in [2.45, 2.75) is 0 Å². The lowest BCUT2D eigenvalue weighted by atomic mass is 10.2. The predicted molar refractivity (Wildman–Crippen MR) is 84.3 cm³/mol. The molecule has 0 aliphatic heterocycles. The number of carbonyl (C=O) groups excluding carboxylic acids is 1. The number of rotatable bonds is 4. The van der Waals surface area contributed by atoms with Crippen LogP contribution in [0.15, 0.2) is 42.5 Å². The second-order valence-corrected chi connectivity index (χ2v) is 6.65. The van der Waals surface area contributed by atoms with Crippen LogP contribution < -0.4 is 10.0 Å². The van der Waals surface area contributed by atoms with Gasteiger partial charge in [0.2, 0.25) is 10.0 Å². The van der Waals surface area contributed by atoms with E-state index in [4.69, 9.17) is 11.6 Å². The maximum absolute atomic E-state index is 13.0. The van der Waals surface area contributed by atoms with Crippen LogP contribution in [0.25, 0.3) is 0 Å². The number of anilines is 2. The highest BCUT2D eigenvalue weighted by atomic mass is 35.5. The van der Waals surface area contributed by atoms with Gasteiger partial charge in [-0.25, -0.2) is 12.8 Å². The SMILES string of the molecule is CS(=O)(=O)Nc1ccccc1NC(=O)c1ccc(F)cc1Cl. The summed E-state index contributed by atoms with van der Waals surface area (Å²) in [7, 11) is -3.49. The summed E-state index contributed by atoms with van der Waals surface area (Å²) >= 11 is 5.82. The normalized spacial score (nSPS) is 11.0. The Morgan fingerprint density at radius 3 is 2.36 bits per heavy atom. The van der Waals surface area contributed by atoms with Gasteiger partial charge < -0.3 is 5.32 Å². The van der Waals surface area contributed by atoms with Crippen LogP contribution in [-0.2, 0) is 10.0 Å². The summed E-state index contributed by atoms with van der Waals surface area (Å²) < 4.78 is 37.9. The van der Waals surface area contributed by atoms with Gasteiger partial charge in [-0.05, 0) is 30.3 Å². The number of hydrogen-bond acceptors (Lipinski definition) is 3. The highest BCUT2D eigenvalue weighted by Gasteiger charge is 2.14. The predicted octanol–water partition coefficient (Wildman–Crippen LogP) is 3.10. The molecule has 2 rings (SSSR count). The molecule has 0 radical (unpaired) electrons. The fourth-order valence-electron chi connectivity index (χ4n) is 1.74. The van der Waals surface area contributed by atoms with E-state index in [-0.39, 0.29) is 22.0 Å². The number of para-hydroxylation sites is 2. The maximum Gasteiger partial charge on any atom is 0.257 e. The molecule has 0 unspecified atom stereocenters. The first kappa shape index (κ1) is 16.3. The van der Waals surface area contributed by atoms with E-state index in [0.29, 0.717) is 0 Å². The number of carbonyl (C=O) groups is 1. The molecule has 5 nitrogen and oxygen atoms in total. The summed E-state index contributed by atoms with van der Waals surface area (Å²) in [5.74, 6) is -1.13. The third-order valence-electron chi connectivity index (χ3n) is 2.65. The average Bonchev–Trinajstić information content (AvgIpc) is 2.39. The molecule has 0 saturated carbocycles. The molecule has 2 aromatic rings. The van der Waals surface area contributed by atoms with Crippen LogP contribution in [0.3, 0.4) is 0 Å². The molecule has 0 atom stereocenters. The van der Waals surface area contributed by atoms with Gasteiger partial charge in [0.05, 0.1) is 28.2 Å². The third-order valence-corrected chi connectivity index (χ3v) is 3.55. The van der Waals surface area contributed by atoms with Gasteiger partial charge in [0.25, 0.3) is 5.91 Å². The van der Waals surface area contributed by atoms with Crippen LogP contribution in [0.5, 0.6) is 0 Å². The van der Waals surface area contributed by atoms with Gasteiger partial charge >= 0.3 is 0 Å². The van der Waals surface area contributed by atoms with Crippen molar-refractivity contribution in [3.63, 3.8) is 0 Å². The van der Waals surface area contributed by atoms with Gasteiger partial charge in [-0.3, -0.25) is 9.52 Å². The number of hydrogen-bond donors (Lipinski definition) is 2. The Morgan fingerprint density at radius 2 is 1.77 bits per heavy atom. The van der Waals surface area contributed by atoms with E-state index in [1.54, 1.807) is 12.1 Å². The summed E-state index contributed by atoms with van der Waals surface area (Å²) in [6, 6.07) is 9.67. The van der Waals surface area contributed by atoms with E-state index in [9.17, 15) is 17.6 Å². The van der Waals surface area contributed by atoms with E-state index in [0.717, 1.165) is 18.4 Å². The molecule has 116 valence electrons. The second kappa shape index (κ2) is 6.33. The van der Waals surface area contributed by atoms with Crippen molar-refractivity contribution in [3.05, 3.63) is 58.9 Å². The van der Waals surface area contributed by atoms with Gasteiger partial charge in [0, 0.05) is 0 Å². The zero-order chi connectivity index (χ0) is 16.3. The van der Waals surface area contributed by atoms with Crippen LogP contribution >= 0.6 is 11.6 Å². The topological polar surface area (TPSA) is 75.3 Å². The summed E-state index contributed by atoms with van der Waals surface area (Å²) in [5, 5.41) is 2.50. The quantitative estimate of drug-likeness (QED) is 0.896. The molecule has 22 heavy (non-hydrogen) atoms. The molecular weight excluding hydrogens is 331 g/mol. The summed E-state index contributed by atoms with van der Waals surface area (Å²) in [6.07, 6.45) is 1.00. The van der Waals surface area contributed by atoms with Crippen molar-refractivity contribution in [1.29, 1.82) is 0 Å². The van der Waals surface area contributed by atoms with E-state index >= 15 is 0 Å². The molecule has 0 aliphatic carbocycles. The minimum Gasteiger partial charge on any atom is -0.320 e. The first-order valence-corrected chi connectivity index (χ1v) is 8.36. The summed E-state index contributed by atoms with van der Waals surface area (Å²) in [4.78, 5) is 12.2. The van der Waals surface area contributed by atoms with Gasteiger partial charge in [0.1, 0.15) is 5.82 Å². The third kappa shape index (κ3) is 4.19. The van der Waals surface area contributed by atoms with Crippen molar-refractivity contribution >= 4 is 38.9 Å². The highest BCUT2D eigenvalue weighted by molar-refractivity contribution is 7.92. The summed E-state index contributed by atoms with van der Waals surface area (Å²) in [5.41, 5.74) is 0.562. The van der Waals surface area contributed by atoms with Crippen molar-refractivity contribution in [2.24, 2.45) is 0 Å². The molecule has 0 heterocycles. The number of halogens is 2. The Hall–Kier alpha value is -2.12. The van der Waals surface area contributed by atoms with E-state index in [1.807, 2.05) is 0 Å². The molecule has 2 N–H and O–H groups in total. The first-order chi connectivity index (χ1) is 10.3. The van der Waals surface area contributed by atoms with Gasteiger partial charge in [-0.1, -0.05) is 23.7 Å². The molecule has 0 saturated heterocycles. The molecule has 2 aromatic carbocycles. The Kier molecular flexibility index (Phi) is 4.68. The standard InChI is InChI=1S/C14H12ClFN2O3S/c1-22(20,21)18-13-5-3-2-4-12(13)17-14(19)10-7-6-9(16)8-11(10)15/h2-8,18H,1H3,(H,17,19). The fraction of sp³-hybridized carbons (Fsp3) is 0.0714. The Bertz CT molecular complexity index is 825. The lowest BCUT2D eigenvalue weighted by molar-refractivity contribution is 0.102. The highest BCUT2D eigenvalue weighted by Crippen LogP contribution is 2.24.